The minimum absolute atomic E-state index is 0.00532. The summed E-state index contributed by atoms with van der Waals surface area (Å²) in [6, 6.07) is 1.63. The monoisotopic (exact) mass is 274 g/mol. The standard InChI is InChI=1S/C10H11BrO4/c1-5(12)8-9(13)6(11)4-7-10(8)15-3-2-14-7/h4-5,12-13H,2-3H2,1H3. The van der Waals surface area contributed by atoms with Crippen molar-refractivity contribution >= 4 is 15.9 Å². The van der Waals surface area contributed by atoms with Crippen molar-refractivity contribution in [2.45, 2.75) is 13.0 Å². The van der Waals surface area contributed by atoms with Crippen LogP contribution in [0.15, 0.2) is 10.5 Å². The number of hydrogen-bond donors (Lipinski definition) is 2. The lowest BCUT2D eigenvalue weighted by Crippen LogP contribution is -2.17. The van der Waals surface area contributed by atoms with E-state index in [1.165, 1.54) is 0 Å². The molecule has 0 saturated carbocycles. The largest absolute Gasteiger partial charge is 0.506 e. The zero-order valence-electron chi connectivity index (χ0n) is 8.16. The average molecular weight is 275 g/mol. The first kappa shape index (κ1) is 10.6. The molecular weight excluding hydrogens is 264 g/mol. The van der Waals surface area contributed by atoms with Crippen molar-refractivity contribution in [2.24, 2.45) is 0 Å². The molecule has 1 aliphatic heterocycles. The third-order valence-corrected chi connectivity index (χ3v) is 2.82. The van der Waals surface area contributed by atoms with Crippen molar-refractivity contribution in [3.8, 4) is 17.2 Å². The lowest BCUT2D eigenvalue weighted by molar-refractivity contribution is 0.150. The Kier molecular flexibility index (Phi) is 2.75. The molecule has 0 bridgehead atoms. The van der Waals surface area contributed by atoms with E-state index in [0.717, 1.165) is 0 Å². The van der Waals surface area contributed by atoms with Gasteiger partial charge in [0.15, 0.2) is 11.5 Å². The zero-order chi connectivity index (χ0) is 11.0. The maximum Gasteiger partial charge on any atom is 0.170 e. The van der Waals surface area contributed by atoms with E-state index in [1.807, 2.05) is 0 Å². The molecule has 0 saturated heterocycles. The van der Waals surface area contributed by atoms with Gasteiger partial charge in [0.2, 0.25) is 0 Å². The van der Waals surface area contributed by atoms with Gasteiger partial charge in [-0.05, 0) is 22.9 Å². The van der Waals surface area contributed by atoms with Crippen LogP contribution in [-0.2, 0) is 0 Å². The van der Waals surface area contributed by atoms with Gasteiger partial charge in [0.25, 0.3) is 0 Å². The number of ether oxygens (including phenoxy) is 2. The Labute approximate surface area is 95.6 Å². The van der Waals surface area contributed by atoms with Crippen molar-refractivity contribution in [2.75, 3.05) is 13.2 Å². The molecule has 82 valence electrons. The molecular formula is C10H11BrO4. The molecule has 0 spiro atoms. The fourth-order valence-electron chi connectivity index (χ4n) is 1.56. The van der Waals surface area contributed by atoms with Gasteiger partial charge in [-0.3, -0.25) is 0 Å². The Hall–Kier alpha value is -0.940. The maximum atomic E-state index is 9.78. The number of phenolic OH excluding ortho intramolecular Hbond substituents is 1. The number of benzene rings is 1. The van der Waals surface area contributed by atoms with Crippen LogP contribution >= 0.6 is 15.9 Å². The topological polar surface area (TPSA) is 58.9 Å². The van der Waals surface area contributed by atoms with Crippen LogP contribution in [-0.4, -0.2) is 23.4 Å². The minimum atomic E-state index is -0.807. The SMILES string of the molecule is CC(O)c1c(O)c(Br)cc2c1OCCO2. The summed E-state index contributed by atoms with van der Waals surface area (Å²) in [6.45, 7) is 2.47. The summed E-state index contributed by atoms with van der Waals surface area (Å²) in [5.41, 5.74) is 0.360. The minimum Gasteiger partial charge on any atom is -0.506 e. The van der Waals surface area contributed by atoms with Crippen molar-refractivity contribution in [1.82, 2.24) is 0 Å². The van der Waals surface area contributed by atoms with Crippen LogP contribution in [0.4, 0.5) is 0 Å². The van der Waals surface area contributed by atoms with Crippen LogP contribution in [0.5, 0.6) is 17.2 Å². The fourth-order valence-corrected chi connectivity index (χ4v) is 1.98. The van der Waals surface area contributed by atoms with Gasteiger partial charge in [-0.25, -0.2) is 0 Å². The summed E-state index contributed by atoms with van der Waals surface area (Å²) in [5.74, 6) is 0.966. The van der Waals surface area contributed by atoms with Gasteiger partial charge in [0.1, 0.15) is 19.0 Å². The normalized spacial score (nSPS) is 16.2. The van der Waals surface area contributed by atoms with E-state index in [1.54, 1.807) is 13.0 Å². The Bertz CT molecular complexity index is 389. The smallest absolute Gasteiger partial charge is 0.170 e. The zero-order valence-corrected chi connectivity index (χ0v) is 9.74. The summed E-state index contributed by atoms with van der Waals surface area (Å²) in [6.07, 6.45) is -0.807. The molecule has 0 radical (unpaired) electrons. The molecule has 1 atom stereocenters. The van der Waals surface area contributed by atoms with Crippen molar-refractivity contribution < 1.29 is 19.7 Å². The van der Waals surface area contributed by atoms with Gasteiger partial charge < -0.3 is 19.7 Å². The van der Waals surface area contributed by atoms with Gasteiger partial charge in [-0.2, -0.15) is 0 Å². The quantitative estimate of drug-likeness (QED) is 0.822. The van der Waals surface area contributed by atoms with E-state index >= 15 is 0 Å². The Morgan fingerprint density at radius 2 is 2.07 bits per heavy atom. The fraction of sp³-hybridized carbons (Fsp3) is 0.400. The highest BCUT2D eigenvalue weighted by molar-refractivity contribution is 9.10. The Morgan fingerprint density at radius 3 is 2.73 bits per heavy atom. The van der Waals surface area contributed by atoms with E-state index in [4.69, 9.17) is 9.47 Å². The van der Waals surface area contributed by atoms with Crippen LogP contribution in [0.3, 0.4) is 0 Å². The van der Waals surface area contributed by atoms with E-state index in [-0.39, 0.29) is 5.75 Å². The number of phenols is 1. The molecule has 1 aromatic rings. The maximum absolute atomic E-state index is 9.78. The molecule has 2 N–H and O–H groups in total. The number of rotatable bonds is 1. The van der Waals surface area contributed by atoms with E-state index < -0.39 is 6.10 Å². The highest BCUT2D eigenvalue weighted by Gasteiger charge is 2.24. The van der Waals surface area contributed by atoms with Gasteiger partial charge in [0, 0.05) is 6.07 Å². The van der Waals surface area contributed by atoms with Gasteiger partial charge >= 0.3 is 0 Å². The molecule has 1 aromatic carbocycles. The molecule has 0 amide bonds. The van der Waals surface area contributed by atoms with Crippen LogP contribution in [0.25, 0.3) is 0 Å². The number of aliphatic hydroxyl groups excluding tert-OH is 1. The molecule has 1 unspecified atom stereocenters. The first-order chi connectivity index (χ1) is 7.11. The highest BCUT2D eigenvalue weighted by atomic mass is 79.9. The molecule has 15 heavy (non-hydrogen) atoms. The van der Waals surface area contributed by atoms with E-state index in [9.17, 15) is 10.2 Å². The predicted molar refractivity (Wildman–Crippen MR) is 57.4 cm³/mol. The average Bonchev–Trinajstić information content (AvgIpc) is 2.19. The number of fused-ring (bicyclic) bond motifs is 1. The van der Waals surface area contributed by atoms with Crippen LogP contribution in [0, 0.1) is 0 Å². The van der Waals surface area contributed by atoms with Crippen LogP contribution < -0.4 is 9.47 Å². The van der Waals surface area contributed by atoms with Crippen molar-refractivity contribution in [3.63, 3.8) is 0 Å². The molecule has 0 fully saturated rings. The molecule has 1 aliphatic rings. The molecule has 2 rings (SSSR count). The van der Waals surface area contributed by atoms with Crippen LogP contribution in [0.2, 0.25) is 0 Å². The third-order valence-electron chi connectivity index (χ3n) is 2.21. The first-order valence-electron chi connectivity index (χ1n) is 4.60. The summed E-state index contributed by atoms with van der Waals surface area (Å²) >= 11 is 3.20. The van der Waals surface area contributed by atoms with Gasteiger partial charge in [-0.1, -0.05) is 0 Å². The molecule has 1 heterocycles. The Balaban J connectivity index is 2.63. The lowest BCUT2D eigenvalue weighted by Gasteiger charge is -2.23. The second-order valence-corrected chi connectivity index (χ2v) is 4.18. The third kappa shape index (κ3) is 1.77. The number of aliphatic hydroxyl groups is 1. The summed E-state index contributed by atoms with van der Waals surface area (Å²) in [5, 5.41) is 19.4. The molecule has 5 heteroatoms. The number of halogens is 1. The molecule has 4 nitrogen and oxygen atoms in total. The number of hydrogen-bond acceptors (Lipinski definition) is 4. The summed E-state index contributed by atoms with van der Waals surface area (Å²) in [4.78, 5) is 0. The molecule has 0 aliphatic carbocycles. The predicted octanol–water partition coefficient (Wildman–Crippen LogP) is 1.98. The van der Waals surface area contributed by atoms with Crippen LogP contribution in [0.1, 0.15) is 18.6 Å². The number of aromatic hydroxyl groups is 1. The second kappa shape index (κ2) is 3.90. The van der Waals surface area contributed by atoms with E-state index in [0.29, 0.717) is 34.7 Å². The Morgan fingerprint density at radius 1 is 1.40 bits per heavy atom. The van der Waals surface area contributed by atoms with Crippen molar-refractivity contribution in [1.29, 1.82) is 0 Å². The summed E-state index contributed by atoms with van der Waals surface area (Å²) in [7, 11) is 0. The van der Waals surface area contributed by atoms with Gasteiger partial charge in [0.05, 0.1) is 16.1 Å². The first-order valence-corrected chi connectivity index (χ1v) is 5.39. The van der Waals surface area contributed by atoms with Gasteiger partial charge in [-0.15, -0.1) is 0 Å². The summed E-state index contributed by atoms with van der Waals surface area (Å²) < 4.78 is 11.2. The second-order valence-electron chi connectivity index (χ2n) is 3.32. The van der Waals surface area contributed by atoms with E-state index in [2.05, 4.69) is 15.9 Å². The molecule has 0 aromatic heterocycles. The highest BCUT2D eigenvalue weighted by Crippen LogP contribution is 2.46. The van der Waals surface area contributed by atoms with Crippen molar-refractivity contribution in [3.05, 3.63) is 16.1 Å². The lowest BCUT2D eigenvalue weighted by atomic mass is 10.1.